The van der Waals surface area contributed by atoms with E-state index in [1.165, 1.54) is 11.3 Å². The summed E-state index contributed by atoms with van der Waals surface area (Å²) in [5.74, 6) is 0.621. The summed E-state index contributed by atoms with van der Waals surface area (Å²) in [7, 11) is 0. The van der Waals surface area contributed by atoms with Gasteiger partial charge in [0, 0.05) is 22.5 Å². The van der Waals surface area contributed by atoms with Gasteiger partial charge in [0.05, 0.1) is 0 Å². The van der Waals surface area contributed by atoms with E-state index >= 15 is 0 Å². The van der Waals surface area contributed by atoms with Crippen LogP contribution in [0.15, 0.2) is 53.9 Å². The molecule has 0 radical (unpaired) electrons. The van der Waals surface area contributed by atoms with E-state index in [9.17, 15) is 4.79 Å². The topological polar surface area (TPSA) is 51.2 Å². The molecule has 0 aliphatic carbocycles. The van der Waals surface area contributed by atoms with Gasteiger partial charge in [0.1, 0.15) is 23.1 Å². The summed E-state index contributed by atoms with van der Waals surface area (Å²) >= 11 is 7.42. The second kappa shape index (κ2) is 8.14. The summed E-state index contributed by atoms with van der Waals surface area (Å²) < 4.78 is 5.77. The number of hydrogen-bond acceptors (Lipinski definition) is 4. The van der Waals surface area contributed by atoms with Gasteiger partial charge >= 0.3 is 0 Å². The van der Waals surface area contributed by atoms with Crippen molar-refractivity contribution in [2.75, 3.05) is 6.54 Å². The molecule has 0 aliphatic heterocycles. The lowest BCUT2D eigenvalue weighted by Gasteiger charge is -2.07. The molecule has 0 fully saturated rings. The zero-order chi connectivity index (χ0) is 17.6. The molecular weight excluding hydrogens is 356 g/mol. The summed E-state index contributed by atoms with van der Waals surface area (Å²) in [6.07, 6.45) is 0. The minimum Gasteiger partial charge on any atom is -0.489 e. The molecule has 25 heavy (non-hydrogen) atoms. The largest absolute Gasteiger partial charge is 0.489 e. The summed E-state index contributed by atoms with van der Waals surface area (Å²) in [6, 6.07) is 15.3. The van der Waals surface area contributed by atoms with Crippen LogP contribution in [-0.4, -0.2) is 17.4 Å². The van der Waals surface area contributed by atoms with Gasteiger partial charge in [-0.15, -0.1) is 11.3 Å². The number of thiazole rings is 1. The Labute approximate surface area is 155 Å². The second-order valence-corrected chi connectivity index (χ2v) is 6.63. The molecule has 128 valence electrons. The Kier molecular flexibility index (Phi) is 5.68. The summed E-state index contributed by atoms with van der Waals surface area (Å²) in [5.41, 5.74) is 2.42. The minimum absolute atomic E-state index is 0.147. The maximum Gasteiger partial charge on any atom is 0.270 e. The average Bonchev–Trinajstić information content (AvgIpc) is 3.11. The van der Waals surface area contributed by atoms with Crippen LogP contribution in [0, 0.1) is 0 Å². The fourth-order valence-electron chi connectivity index (χ4n) is 2.25. The van der Waals surface area contributed by atoms with E-state index in [-0.39, 0.29) is 5.91 Å². The fourth-order valence-corrected chi connectivity index (χ4v) is 3.27. The smallest absolute Gasteiger partial charge is 0.270 e. The normalized spacial score (nSPS) is 10.5. The monoisotopic (exact) mass is 372 g/mol. The standard InChI is InChI=1S/C19H17ClN2O2S/c1-2-21-18(23)17-12-25-19(22-17)14-6-8-16(9-7-14)24-11-13-4-3-5-15(20)10-13/h3-10,12H,2,11H2,1H3,(H,21,23). The molecule has 1 amide bonds. The van der Waals surface area contributed by atoms with Crippen molar-refractivity contribution in [3.8, 4) is 16.3 Å². The summed E-state index contributed by atoms with van der Waals surface area (Å²) in [5, 5.41) is 6.02. The van der Waals surface area contributed by atoms with Crippen LogP contribution in [0.3, 0.4) is 0 Å². The van der Waals surface area contributed by atoms with Crippen molar-refractivity contribution in [3.05, 3.63) is 70.2 Å². The number of ether oxygens (including phenoxy) is 1. The van der Waals surface area contributed by atoms with Crippen LogP contribution in [0.1, 0.15) is 23.0 Å². The second-order valence-electron chi connectivity index (χ2n) is 5.34. The third-order valence-corrected chi connectivity index (χ3v) is 4.60. The van der Waals surface area contributed by atoms with Crippen LogP contribution in [-0.2, 0) is 6.61 Å². The highest BCUT2D eigenvalue weighted by Crippen LogP contribution is 2.26. The number of carbonyl (C=O) groups is 1. The molecule has 0 saturated carbocycles. The molecule has 4 nitrogen and oxygen atoms in total. The van der Waals surface area contributed by atoms with Crippen LogP contribution in [0.5, 0.6) is 5.75 Å². The molecule has 2 aromatic carbocycles. The van der Waals surface area contributed by atoms with Gasteiger partial charge in [0.2, 0.25) is 0 Å². The Morgan fingerprint density at radius 2 is 2.04 bits per heavy atom. The van der Waals surface area contributed by atoms with Gasteiger partial charge in [-0.2, -0.15) is 0 Å². The van der Waals surface area contributed by atoms with Gasteiger partial charge < -0.3 is 10.1 Å². The zero-order valence-corrected chi connectivity index (χ0v) is 15.2. The van der Waals surface area contributed by atoms with Crippen LogP contribution in [0.2, 0.25) is 5.02 Å². The van der Waals surface area contributed by atoms with Gasteiger partial charge in [-0.1, -0.05) is 23.7 Å². The average molecular weight is 373 g/mol. The first-order valence-electron chi connectivity index (χ1n) is 7.87. The Bertz CT molecular complexity index is 862. The van der Waals surface area contributed by atoms with E-state index in [1.807, 2.05) is 55.5 Å². The van der Waals surface area contributed by atoms with Crippen molar-refractivity contribution in [3.63, 3.8) is 0 Å². The molecule has 0 atom stereocenters. The van der Waals surface area contributed by atoms with Crippen molar-refractivity contribution >= 4 is 28.8 Å². The highest BCUT2D eigenvalue weighted by molar-refractivity contribution is 7.13. The number of nitrogens with one attached hydrogen (secondary N) is 1. The number of amides is 1. The maximum atomic E-state index is 11.8. The third kappa shape index (κ3) is 4.59. The van der Waals surface area contributed by atoms with Crippen LogP contribution >= 0.6 is 22.9 Å². The van der Waals surface area contributed by atoms with Crippen molar-refractivity contribution in [2.45, 2.75) is 13.5 Å². The molecular formula is C19H17ClN2O2S. The number of benzene rings is 2. The Morgan fingerprint density at radius 3 is 2.76 bits per heavy atom. The molecule has 0 unspecified atom stereocenters. The fraction of sp³-hybridized carbons (Fsp3) is 0.158. The first kappa shape index (κ1) is 17.5. The number of carbonyl (C=O) groups excluding carboxylic acids is 1. The van der Waals surface area contributed by atoms with Crippen molar-refractivity contribution in [1.29, 1.82) is 0 Å². The van der Waals surface area contributed by atoms with Gasteiger partial charge in [-0.25, -0.2) is 4.98 Å². The maximum absolute atomic E-state index is 11.8. The van der Waals surface area contributed by atoms with Crippen LogP contribution < -0.4 is 10.1 Å². The van der Waals surface area contributed by atoms with Crippen molar-refractivity contribution in [2.24, 2.45) is 0 Å². The molecule has 3 rings (SSSR count). The SMILES string of the molecule is CCNC(=O)c1csc(-c2ccc(OCc3cccc(Cl)c3)cc2)n1. The number of rotatable bonds is 6. The predicted octanol–water partition coefficient (Wildman–Crippen LogP) is 4.79. The van der Waals surface area contributed by atoms with Crippen LogP contribution in [0.25, 0.3) is 10.6 Å². The predicted molar refractivity (Wildman–Crippen MR) is 101 cm³/mol. The van der Waals surface area contributed by atoms with Crippen molar-refractivity contribution in [1.82, 2.24) is 10.3 Å². The van der Waals surface area contributed by atoms with E-state index in [0.717, 1.165) is 21.9 Å². The van der Waals surface area contributed by atoms with Gasteiger partial charge in [0.25, 0.3) is 5.91 Å². The molecule has 1 N–H and O–H groups in total. The zero-order valence-electron chi connectivity index (χ0n) is 13.7. The lowest BCUT2D eigenvalue weighted by Crippen LogP contribution is -2.22. The minimum atomic E-state index is -0.147. The Morgan fingerprint density at radius 1 is 1.24 bits per heavy atom. The molecule has 0 spiro atoms. The molecule has 3 aromatic rings. The number of nitrogens with zero attached hydrogens (tertiary/aromatic N) is 1. The van der Waals surface area contributed by atoms with E-state index in [2.05, 4.69) is 10.3 Å². The molecule has 0 aliphatic rings. The van der Waals surface area contributed by atoms with E-state index < -0.39 is 0 Å². The lowest BCUT2D eigenvalue weighted by atomic mass is 10.2. The summed E-state index contributed by atoms with van der Waals surface area (Å²) in [6.45, 7) is 2.93. The number of halogens is 1. The lowest BCUT2D eigenvalue weighted by molar-refractivity contribution is 0.0951. The van der Waals surface area contributed by atoms with E-state index in [4.69, 9.17) is 16.3 Å². The third-order valence-electron chi connectivity index (χ3n) is 3.47. The van der Waals surface area contributed by atoms with Gasteiger partial charge in [-0.05, 0) is 48.9 Å². The molecule has 0 bridgehead atoms. The first-order valence-corrected chi connectivity index (χ1v) is 9.13. The van der Waals surface area contributed by atoms with E-state index in [1.54, 1.807) is 5.38 Å². The number of aromatic nitrogens is 1. The van der Waals surface area contributed by atoms with Crippen LogP contribution in [0.4, 0.5) is 0 Å². The first-order chi connectivity index (χ1) is 12.2. The van der Waals surface area contributed by atoms with Gasteiger partial charge in [-0.3, -0.25) is 4.79 Å². The molecule has 0 saturated heterocycles. The van der Waals surface area contributed by atoms with E-state index in [0.29, 0.717) is 23.9 Å². The highest BCUT2D eigenvalue weighted by atomic mass is 35.5. The van der Waals surface area contributed by atoms with Gasteiger partial charge in [0.15, 0.2) is 0 Å². The van der Waals surface area contributed by atoms with Crippen molar-refractivity contribution < 1.29 is 9.53 Å². The molecule has 1 heterocycles. The summed E-state index contributed by atoms with van der Waals surface area (Å²) in [4.78, 5) is 16.2. The Hall–Kier alpha value is -2.37. The highest BCUT2D eigenvalue weighted by Gasteiger charge is 2.11. The number of hydrogen-bond donors (Lipinski definition) is 1. The quantitative estimate of drug-likeness (QED) is 0.676. The molecule has 1 aromatic heterocycles. The Balaban J connectivity index is 1.65. The molecule has 6 heteroatoms.